The van der Waals surface area contributed by atoms with E-state index in [1.807, 2.05) is 0 Å². The molecule has 1 nitrogen and oxygen atoms in total. The molecule has 4 atom stereocenters. The average Bonchev–Trinajstić information content (AvgIpc) is 2.19. The van der Waals surface area contributed by atoms with Gasteiger partial charge in [-0.15, -0.1) is 0 Å². The summed E-state index contributed by atoms with van der Waals surface area (Å²) >= 11 is 0. The van der Waals surface area contributed by atoms with Crippen LogP contribution in [0.2, 0.25) is 0 Å². The largest absolute Gasteiger partial charge is 0.299 e. The number of hydrogen-bond acceptors (Lipinski definition) is 1. The van der Waals surface area contributed by atoms with Crippen molar-refractivity contribution in [3.63, 3.8) is 0 Å². The Bertz CT molecular complexity index is 258. The van der Waals surface area contributed by atoms with Gasteiger partial charge in [0, 0.05) is 12.3 Å². The lowest BCUT2D eigenvalue weighted by Crippen LogP contribution is -2.52. The number of hydrogen-bond donors (Lipinski definition) is 0. The third kappa shape index (κ3) is 1.55. The van der Waals surface area contributed by atoms with Gasteiger partial charge in [-0.1, -0.05) is 25.7 Å². The number of ketones is 1. The maximum atomic E-state index is 11.9. The minimum atomic E-state index is 0.516. The van der Waals surface area contributed by atoms with E-state index in [1.54, 1.807) is 0 Å². The fourth-order valence-electron chi connectivity index (χ4n) is 4.51. The summed E-state index contributed by atoms with van der Waals surface area (Å²) in [6, 6.07) is 0. The highest BCUT2D eigenvalue weighted by Crippen LogP contribution is 2.56. The molecule has 0 saturated heterocycles. The molecule has 0 radical (unpaired) electrons. The lowest BCUT2D eigenvalue weighted by molar-refractivity contribution is -0.146. The minimum absolute atomic E-state index is 0.516. The van der Waals surface area contributed by atoms with Gasteiger partial charge in [0.15, 0.2) is 0 Å². The molecule has 3 aliphatic carbocycles. The van der Waals surface area contributed by atoms with E-state index in [-0.39, 0.29) is 0 Å². The fourth-order valence-corrected chi connectivity index (χ4v) is 4.51. The van der Waals surface area contributed by atoms with Gasteiger partial charge < -0.3 is 0 Å². The molecule has 0 aromatic carbocycles. The molecule has 3 saturated carbocycles. The molecule has 3 fully saturated rings. The monoisotopic (exact) mass is 206 g/mol. The fraction of sp³-hybridized carbons (Fsp3) is 0.929. The lowest BCUT2D eigenvalue weighted by atomic mass is 9.49. The molecule has 0 aromatic rings. The number of Topliss-reactive ketones (excluding diaryl/α,β-unsaturated/α-hetero) is 1. The van der Waals surface area contributed by atoms with Crippen molar-refractivity contribution in [2.45, 2.75) is 57.8 Å². The van der Waals surface area contributed by atoms with Gasteiger partial charge in [0.05, 0.1) is 0 Å². The molecule has 4 unspecified atom stereocenters. The first-order valence-electron chi connectivity index (χ1n) is 6.90. The quantitative estimate of drug-likeness (QED) is 0.592. The Balaban J connectivity index is 1.73. The number of carbonyl (C=O) groups is 1. The Hall–Kier alpha value is -0.330. The molecule has 15 heavy (non-hydrogen) atoms. The first-order chi connectivity index (χ1) is 7.38. The van der Waals surface area contributed by atoms with Crippen molar-refractivity contribution in [2.75, 3.05) is 0 Å². The summed E-state index contributed by atoms with van der Waals surface area (Å²) in [5.74, 6) is 3.70. The van der Waals surface area contributed by atoms with Crippen molar-refractivity contribution in [3.8, 4) is 0 Å². The number of rotatable bonds is 0. The second-order valence-corrected chi connectivity index (χ2v) is 5.87. The van der Waals surface area contributed by atoms with Gasteiger partial charge in [0.2, 0.25) is 0 Å². The smallest absolute Gasteiger partial charge is 0.136 e. The molecule has 0 aliphatic heterocycles. The van der Waals surface area contributed by atoms with Crippen LogP contribution < -0.4 is 0 Å². The van der Waals surface area contributed by atoms with Crippen molar-refractivity contribution >= 4 is 5.78 Å². The van der Waals surface area contributed by atoms with Crippen molar-refractivity contribution in [1.82, 2.24) is 0 Å². The van der Waals surface area contributed by atoms with E-state index in [9.17, 15) is 4.79 Å². The second-order valence-electron chi connectivity index (χ2n) is 5.87. The van der Waals surface area contributed by atoms with Crippen LogP contribution in [0.25, 0.3) is 0 Å². The average molecular weight is 206 g/mol. The van der Waals surface area contributed by atoms with Gasteiger partial charge in [-0.05, 0) is 43.4 Å². The maximum absolute atomic E-state index is 11.9. The van der Waals surface area contributed by atoms with E-state index in [0.717, 1.165) is 24.2 Å². The molecule has 0 spiro atoms. The van der Waals surface area contributed by atoms with Crippen LogP contribution in [0.1, 0.15) is 57.8 Å². The SMILES string of the molecule is O=C1CCCC2C3CCCCCCC3C12. The minimum Gasteiger partial charge on any atom is -0.299 e. The van der Waals surface area contributed by atoms with E-state index < -0.39 is 0 Å². The molecule has 0 N–H and O–H groups in total. The molecule has 0 heterocycles. The summed E-state index contributed by atoms with van der Waals surface area (Å²) in [6.45, 7) is 0. The topological polar surface area (TPSA) is 17.1 Å². The Morgan fingerprint density at radius 3 is 2.07 bits per heavy atom. The van der Waals surface area contributed by atoms with Gasteiger partial charge >= 0.3 is 0 Å². The highest BCUT2D eigenvalue weighted by atomic mass is 16.1. The number of carbonyl (C=O) groups excluding carboxylic acids is 1. The predicted octanol–water partition coefficient (Wildman–Crippen LogP) is 3.57. The second kappa shape index (κ2) is 3.92. The Morgan fingerprint density at radius 1 is 0.733 bits per heavy atom. The van der Waals surface area contributed by atoms with Crippen LogP contribution in [0.3, 0.4) is 0 Å². The van der Waals surface area contributed by atoms with Crippen LogP contribution in [0.4, 0.5) is 0 Å². The van der Waals surface area contributed by atoms with E-state index >= 15 is 0 Å². The zero-order chi connectivity index (χ0) is 10.3. The summed E-state index contributed by atoms with van der Waals surface area (Å²) in [5, 5.41) is 0. The van der Waals surface area contributed by atoms with Crippen molar-refractivity contribution in [2.24, 2.45) is 23.7 Å². The van der Waals surface area contributed by atoms with Crippen molar-refractivity contribution < 1.29 is 4.79 Å². The zero-order valence-electron chi connectivity index (χ0n) is 9.58. The molecule has 3 aliphatic rings. The van der Waals surface area contributed by atoms with E-state index in [1.165, 1.54) is 51.4 Å². The molecule has 0 bridgehead atoms. The molecule has 3 rings (SSSR count). The number of fused-ring (bicyclic) bond motifs is 4. The third-order valence-electron chi connectivity index (χ3n) is 5.18. The molecule has 1 heteroatoms. The Kier molecular flexibility index (Phi) is 2.58. The normalized spacial score (nSPS) is 45.7. The van der Waals surface area contributed by atoms with E-state index in [2.05, 4.69) is 0 Å². The third-order valence-corrected chi connectivity index (χ3v) is 5.18. The predicted molar refractivity (Wildman–Crippen MR) is 60.5 cm³/mol. The Morgan fingerprint density at radius 2 is 1.33 bits per heavy atom. The van der Waals surface area contributed by atoms with Crippen LogP contribution in [0.15, 0.2) is 0 Å². The molecular weight excluding hydrogens is 184 g/mol. The first kappa shape index (κ1) is 9.86. The van der Waals surface area contributed by atoms with Crippen molar-refractivity contribution in [3.05, 3.63) is 0 Å². The van der Waals surface area contributed by atoms with Crippen LogP contribution in [0.5, 0.6) is 0 Å². The van der Waals surface area contributed by atoms with Crippen LogP contribution in [-0.4, -0.2) is 5.78 Å². The Labute approximate surface area is 92.6 Å². The van der Waals surface area contributed by atoms with Gasteiger partial charge in [0.1, 0.15) is 5.78 Å². The van der Waals surface area contributed by atoms with Gasteiger partial charge in [-0.3, -0.25) is 4.79 Å². The van der Waals surface area contributed by atoms with E-state index in [0.29, 0.717) is 11.7 Å². The first-order valence-corrected chi connectivity index (χ1v) is 6.90. The standard InChI is InChI=1S/C14H22O/c15-13-9-5-8-12-10-6-3-1-2-4-7-11(10)14(12)13/h10-12,14H,1-9H2. The van der Waals surface area contributed by atoms with Crippen LogP contribution in [-0.2, 0) is 4.79 Å². The summed E-state index contributed by atoms with van der Waals surface area (Å²) in [7, 11) is 0. The summed E-state index contributed by atoms with van der Waals surface area (Å²) in [6.07, 6.45) is 11.9. The van der Waals surface area contributed by atoms with E-state index in [4.69, 9.17) is 0 Å². The summed E-state index contributed by atoms with van der Waals surface area (Å²) in [5.41, 5.74) is 0. The van der Waals surface area contributed by atoms with Crippen LogP contribution in [0, 0.1) is 23.7 Å². The molecule has 0 amide bonds. The maximum Gasteiger partial charge on any atom is 0.136 e. The zero-order valence-corrected chi connectivity index (χ0v) is 9.58. The van der Waals surface area contributed by atoms with Gasteiger partial charge in [-0.2, -0.15) is 0 Å². The van der Waals surface area contributed by atoms with Crippen LogP contribution >= 0.6 is 0 Å². The highest BCUT2D eigenvalue weighted by Gasteiger charge is 2.53. The lowest BCUT2D eigenvalue weighted by Gasteiger charge is -2.55. The summed E-state index contributed by atoms with van der Waals surface area (Å²) < 4.78 is 0. The van der Waals surface area contributed by atoms with Crippen molar-refractivity contribution in [1.29, 1.82) is 0 Å². The van der Waals surface area contributed by atoms with Gasteiger partial charge in [-0.25, -0.2) is 0 Å². The van der Waals surface area contributed by atoms with Gasteiger partial charge in [0.25, 0.3) is 0 Å². The molecule has 84 valence electrons. The summed E-state index contributed by atoms with van der Waals surface area (Å²) in [4.78, 5) is 11.9. The molecular formula is C14H22O. The molecule has 0 aromatic heterocycles. The highest BCUT2D eigenvalue weighted by molar-refractivity contribution is 5.83.